The lowest BCUT2D eigenvalue weighted by molar-refractivity contribution is -0.120. The Morgan fingerprint density at radius 1 is 1.33 bits per heavy atom. The van der Waals surface area contributed by atoms with Gasteiger partial charge in [-0.25, -0.2) is 0 Å². The SMILES string of the molecule is CN1OCC2COCC21. The minimum absolute atomic E-state index is 0.532. The molecule has 9 heavy (non-hydrogen) atoms. The van der Waals surface area contributed by atoms with Gasteiger partial charge in [0.05, 0.1) is 25.9 Å². The average molecular weight is 129 g/mol. The summed E-state index contributed by atoms with van der Waals surface area (Å²) in [7, 11) is 1.97. The zero-order valence-corrected chi connectivity index (χ0v) is 5.54. The third-order valence-electron chi connectivity index (χ3n) is 2.12. The molecule has 0 N–H and O–H groups in total. The molecule has 52 valence electrons. The largest absolute Gasteiger partial charge is 0.379 e. The van der Waals surface area contributed by atoms with Gasteiger partial charge in [0, 0.05) is 13.0 Å². The van der Waals surface area contributed by atoms with Crippen molar-refractivity contribution >= 4 is 0 Å². The summed E-state index contributed by atoms with van der Waals surface area (Å²) in [4.78, 5) is 5.27. The lowest BCUT2D eigenvalue weighted by Crippen LogP contribution is -2.27. The first-order valence-electron chi connectivity index (χ1n) is 3.31. The third-order valence-corrected chi connectivity index (χ3v) is 2.12. The summed E-state index contributed by atoms with van der Waals surface area (Å²) in [6, 6.07) is 0.532. The number of hydrogen-bond donors (Lipinski definition) is 0. The van der Waals surface area contributed by atoms with Crippen LogP contribution in [0.5, 0.6) is 0 Å². The number of hydrogen-bond acceptors (Lipinski definition) is 3. The van der Waals surface area contributed by atoms with E-state index in [9.17, 15) is 0 Å². The summed E-state index contributed by atoms with van der Waals surface area (Å²) >= 11 is 0. The first kappa shape index (κ1) is 5.65. The average Bonchev–Trinajstić information content (AvgIpc) is 2.35. The first-order valence-corrected chi connectivity index (χ1v) is 3.31. The summed E-state index contributed by atoms with van der Waals surface area (Å²) in [6.45, 7) is 2.58. The third kappa shape index (κ3) is 0.764. The van der Waals surface area contributed by atoms with Gasteiger partial charge in [-0.15, -0.1) is 0 Å². The normalized spacial score (nSPS) is 43.7. The fourth-order valence-electron chi connectivity index (χ4n) is 1.46. The topological polar surface area (TPSA) is 21.7 Å². The van der Waals surface area contributed by atoms with Crippen molar-refractivity contribution in [2.75, 3.05) is 26.9 Å². The Kier molecular flexibility index (Phi) is 1.22. The second-order valence-corrected chi connectivity index (χ2v) is 2.71. The van der Waals surface area contributed by atoms with Crippen molar-refractivity contribution in [1.82, 2.24) is 5.06 Å². The summed E-state index contributed by atoms with van der Waals surface area (Å²) in [5.74, 6) is 0.634. The molecule has 2 aliphatic heterocycles. The Bertz CT molecular complexity index is 118. The van der Waals surface area contributed by atoms with Crippen LogP contribution in [0.1, 0.15) is 0 Å². The molecule has 0 amide bonds. The fraction of sp³-hybridized carbons (Fsp3) is 1.00. The van der Waals surface area contributed by atoms with Crippen molar-refractivity contribution < 1.29 is 9.57 Å². The second-order valence-electron chi connectivity index (χ2n) is 2.71. The van der Waals surface area contributed by atoms with Gasteiger partial charge in [-0.1, -0.05) is 0 Å². The highest BCUT2D eigenvalue weighted by atomic mass is 16.7. The van der Waals surface area contributed by atoms with Gasteiger partial charge in [-0.2, -0.15) is 5.06 Å². The first-order chi connectivity index (χ1) is 4.38. The van der Waals surface area contributed by atoms with E-state index in [0.29, 0.717) is 12.0 Å². The van der Waals surface area contributed by atoms with E-state index < -0.39 is 0 Å². The van der Waals surface area contributed by atoms with Gasteiger partial charge in [-0.05, 0) is 0 Å². The van der Waals surface area contributed by atoms with E-state index in [1.165, 1.54) is 0 Å². The summed E-state index contributed by atoms with van der Waals surface area (Å²) in [6.07, 6.45) is 0. The summed E-state index contributed by atoms with van der Waals surface area (Å²) in [5, 5.41) is 1.91. The molecule has 2 aliphatic rings. The van der Waals surface area contributed by atoms with Gasteiger partial charge >= 0.3 is 0 Å². The molecule has 2 rings (SSSR count). The van der Waals surface area contributed by atoms with Crippen LogP contribution >= 0.6 is 0 Å². The quantitative estimate of drug-likeness (QED) is 0.455. The Balaban J connectivity index is 2.07. The number of hydroxylamine groups is 2. The molecule has 0 aromatic rings. The standard InChI is InChI=1S/C6H11NO2/c1-7-6-4-8-2-5(6)3-9-7/h5-6H,2-4H2,1H3. The fourth-order valence-corrected chi connectivity index (χ4v) is 1.46. The predicted molar refractivity (Wildman–Crippen MR) is 31.8 cm³/mol. The molecule has 0 radical (unpaired) electrons. The molecule has 0 aromatic carbocycles. The summed E-state index contributed by atoms with van der Waals surface area (Å²) < 4.78 is 5.26. The minimum Gasteiger partial charge on any atom is -0.379 e. The van der Waals surface area contributed by atoms with Crippen LogP contribution in [0.25, 0.3) is 0 Å². The maximum absolute atomic E-state index is 5.27. The maximum Gasteiger partial charge on any atom is 0.0752 e. The van der Waals surface area contributed by atoms with Gasteiger partial charge in [0.15, 0.2) is 0 Å². The van der Waals surface area contributed by atoms with Crippen LogP contribution < -0.4 is 0 Å². The van der Waals surface area contributed by atoms with E-state index >= 15 is 0 Å². The summed E-state index contributed by atoms with van der Waals surface area (Å²) in [5.41, 5.74) is 0. The van der Waals surface area contributed by atoms with E-state index in [0.717, 1.165) is 19.8 Å². The molecule has 0 bridgehead atoms. The minimum atomic E-state index is 0.532. The molecule has 0 spiro atoms. The Hall–Kier alpha value is -0.120. The van der Waals surface area contributed by atoms with Crippen molar-refractivity contribution in [3.8, 4) is 0 Å². The molecule has 0 saturated carbocycles. The molecule has 2 atom stereocenters. The molecule has 3 nitrogen and oxygen atoms in total. The zero-order chi connectivity index (χ0) is 6.27. The van der Waals surface area contributed by atoms with E-state index in [4.69, 9.17) is 9.57 Å². The molecule has 0 aliphatic carbocycles. The molecule has 2 fully saturated rings. The van der Waals surface area contributed by atoms with Crippen molar-refractivity contribution in [2.24, 2.45) is 5.92 Å². The molecule has 2 unspecified atom stereocenters. The van der Waals surface area contributed by atoms with Gasteiger partial charge in [-0.3, -0.25) is 4.84 Å². The van der Waals surface area contributed by atoms with Crippen LogP contribution in [0.2, 0.25) is 0 Å². The molecule has 3 heteroatoms. The van der Waals surface area contributed by atoms with Gasteiger partial charge in [0.1, 0.15) is 0 Å². The van der Waals surface area contributed by atoms with Crippen molar-refractivity contribution in [1.29, 1.82) is 0 Å². The van der Waals surface area contributed by atoms with Crippen molar-refractivity contribution in [2.45, 2.75) is 6.04 Å². The Labute approximate surface area is 54.5 Å². The maximum atomic E-state index is 5.27. The molecular formula is C6H11NO2. The number of rotatable bonds is 0. The molecule has 2 heterocycles. The van der Waals surface area contributed by atoms with Crippen LogP contribution in [-0.2, 0) is 9.57 Å². The van der Waals surface area contributed by atoms with Crippen LogP contribution in [-0.4, -0.2) is 38.0 Å². The molecular weight excluding hydrogens is 118 g/mol. The highest BCUT2D eigenvalue weighted by molar-refractivity contribution is 4.82. The van der Waals surface area contributed by atoms with Crippen LogP contribution in [0.4, 0.5) is 0 Å². The second kappa shape index (κ2) is 1.94. The lowest BCUT2D eigenvalue weighted by Gasteiger charge is -2.12. The van der Waals surface area contributed by atoms with Crippen LogP contribution in [0.15, 0.2) is 0 Å². The number of nitrogens with zero attached hydrogens (tertiary/aromatic N) is 1. The highest BCUT2D eigenvalue weighted by Gasteiger charge is 2.37. The number of ether oxygens (including phenoxy) is 1. The van der Waals surface area contributed by atoms with Crippen LogP contribution in [0.3, 0.4) is 0 Å². The van der Waals surface area contributed by atoms with Gasteiger partial charge in [0.2, 0.25) is 0 Å². The van der Waals surface area contributed by atoms with E-state index in [1.54, 1.807) is 0 Å². The molecule has 2 saturated heterocycles. The zero-order valence-electron chi connectivity index (χ0n) is 5.54. The molecule has 0 aromatic heterocycles. The highest BCUT2D eigenvalue weighted by Crippen LogP contribution is 2.24. The van der Waals surface area contributed by atoms with Gasteiger partial charge in [0.25, 0.3) is 0 Å². The number of fused-ring (bicyclic) bond motifs is 1. The Morgan fingerprint density at radius 3 is 3.00 bits per heavy atom. The van der Waals surface area contributed by atoms with Crippen molar-refractivity contribution in [3.05, 3.63) is 0 Å². The smallest absolute Gasteiger partial charge is 0.0752 e. The van der Waals surface area contributed by atoms with E-state index in [-0.39, 0.29) is 0 Å². The number of likely N-dealkylation sites (N-methyl/N-ethyl adjacent to an activating group) is 1. The van der Waals surface area contributed by atoms with Gasteiger partial charge < -0.3 is 4.74 Å². The van der Waals surface area contributed by atoms with E-state index in [2.05, 4.69) is 0 Å². The van der Waals surface area contributed by atoms with Crippen LogP contribution in [0, 0.1) is 5.92 Å². The Morgan fingerprint density at radius 2 is 2.22 bits per heavy atom. The predicted octanol–water partition coefficient (Wildman–Crippen LogP) is -0.122. The van der Waals surface area contributed by atoms with Crippen molar-refractivity contribution in [3.63, 3.8) is 0 Å². The monoisotopic (exact) mass is 129 g/mol. The van der Waals surface area contributed by atoms with E-state index in [1.807, 2.05) is 12.1 Å². The lowest BCUT2D eigenvalue weighted by atomic mass is 10.1.